The van der Waals surface area contributed by atoms with E-state index >= 15 is 0 Å². The molecular weight excluding hydrogens is 338 g/mol. The highest BCUT2D eigenvalue weighted by molar-refractivity contribution is 5.98. The number of aromatic nitrogens is 1. The Balaban J connectivity index is 2.13. The maximum absolute atomic E-state index is 11.0. The first-order valence-corrected chi connectivity index (χ1v) is 8.45. The summed E-state index contributed by atoms with van der Waals surface area (Å²) in [4.78, 5) is 15.4. The molecule has 134 valence electrons. The van der Waals surface area contributed by atoms with Crippen molar-refractivity contribution in [3.05, 3.63) is 71.9 Å². The maximum atomic E-state index is 11.0. The molecule has 3 aromatic rings. The van der Waals surface area contributed by atoms with Crippen molar-refractivity contribution >= 4 is 22.7 Å². The Morgan fingerprint density at radius 1 is 1.30 bits per heavy atom. The minimum Gasteiger partial charge on any atom is -0.380 e. The first-order chi connectivity index (χ1) is 13.2. The first-order valence-electron chi connectivity index (χ1n) is 8.45. The minimum atomic E-state index is 0.357. The standard InChI is InChI=1S/C22H19N3O2/c1-15(11-23)12-24-22-18(14-27-2)9-7-16-6-8-17(10-20(16)22)21-5-3-4-19(13-26)25-21/h3-10,13,24H,1,12,14H2,2H3. The van der Waals surface area contributed by atoms with Crippen LogP contribution in [-0.4, -0.2) is 24.9 Å². The summed E-state index contributed by atoms with van der Waals surface area (Å²) in [5.41, 5.74) is 4.37. The van der Waals surface area contributed by atoms with Crippen LogP contribution in [0.4, 0.5) is 5.69 Å². The summed E-state index contributed by atoms with van der Waals surface area (Å²) < 4.78 is 5.32. The lowest BCUT2D eigenvalue weighted by Gasteiger charge is -2.15. The fourth-order valence-corrected chi connectivity index (χ4v) is 2.92. The van der Waals surface area contributed by atoms with Gasteiger partial charge < -0.3 is 10.1 Å². The molecule has 0 aliphatic heterocycles. The molecule has 0 spiro atoms. The van der Waals surface area contributed by atoms with Gasteiger partial charge >= 0.3 is 0 Å². The third-order valence-corrected chi connectivity index (χ3v) is 4.23. The molecule has 1 heterocycles. The summed E-state index contributed by atoms with van der Waals surface area (Å²) >= 11 is 0. The second-order valence-corrected chi connectivity index (χ2v) is 6.10. The number of hydrogen-bond donors (Lipinski definition) is 1. The molecule has 0 aliphatic rings. The summed E-state index contributed by atoms with van der Waals surface area (Å²) in [6, 6.07) is 17.5. The van der Waals surface area contributed by atoms with E-state index in [1.165, 1.54) is 0 Å². The quantitative estimate of drug-likeness (QED) is 0.502. The van der Waals surface area contributed by atoms with Crippen molar-refractivity contribution < 1.29 is 9.53 Å². The highest BCUT2D eigenvalue weighted by atomic mass is 16.5. The Bertz CT molecular complexity index is 1050. The van der Waals surface area contributed by atoms with E-state index in [1.807, 2.05) is 42.5 Å². The van der Waals surface area contributed by atoms with Crippen LogP contribution in [0.15, 0.2) is 60.7 Å². The van der Waals surface area contributed by atoms with Gasteiger partial charge in [-0.15, -0.1) is 0 Å². The van der Waals surface area contributed by atoms with Crippen LogP contribution >= 0.6 is 0 Å². The normalized spacial score (nSPS) is 10.4. The molecule has 3 rings (SSSR count). The summed E-state index contributed by atoms with van der Waals surface area (Å²) in [7, 11) is 1.65. The zero-order valence-electron chi connectivity index (χ0n) is 15.0. The highest BCUT2D eigenvalue weighted by Crippen LogP contribution is 2.32. The monoisotopic (exact) mass is 357 g/mol. The van der Waals surface area contributed by atoms with Crippen LogP contribution in [-0.2, 0) is 11.3 Å². The number of nitrogens with one attached hydrogen (secondary N) is 1. The number of carbonyl (C=O) groups excluding carboxylic acids is 1. The van der Waals surface area contributed by atoms with Gasteiger partial charge in [0.1, 0.15) is 5.69 Å². The molecule has 0 atom stereocenters. The average Bonchev–Trinajstić information content (AvgIpc) is 2.72. The summed E-state index contributed by atoms with van der Waals surface area (Å²) in [6.07, 6.45) is 0.738. The number of aldehydes is 1. The maximum Gasteiger partial charge on any atom is 0.168 e. The summed E-state index contributed by atoms with van der Waals surface area (Å²) in [5, 5.41) is 14.3. The number of nitrogens with zero attached hydrogens (tertiary/aromatic N) is 2. The Morgan fingerprint density at radius 3 is 2.85 bits per heavy atom. The van der Waals surface area contributed by atoms with Crippen LogP contribution in [0.5, 0.6) is 0 Å². The summed E-state index contributed by atoms with van der Waals surface area (Å²) in [5.74, 6) is 0. The molecule has 0 saturated carbocycles. The number of carbonyl (C=O) groups is 1. The molecule has 0 unspecified atom stereocenters. The smallest absolute Gasteiger partial charge is 0.168 e. The van der Waals surface area contributed by atoms with Crippen LogP contribution in [0.25, 0.3) is 22.0 Å². The van der Waals surface area contributed by atoms with E-state index in [2.05, 4.69) is 22.9 Å². The number of pyridine rings is 1. The molecule has 0 fully saturated rings. The number of benzene rings is 2. The Labute approximate surface area is 157 Å². The van der Waals surface area contributed by atoms with Gasteiger partial charge in [-0.05, 0) is 23.6 Å². The van der Waals surface area contributed by atoms with E-state index in [-0.39, 0.29) is 0 Å². The molecule has 1 N–H and O–H groups in total. The van der Waals surface area contributed by atoms with Crippen molar-refractivity contribution in [2.75, 3.05) is 19.0 Å². The number of hydrogen-bond acceptors (Lipinski definition) is 5. The number of rotatable bonds is 7. The summed E-state index contributed by atoms with van der Waals surface area (Å²) in [6.45, 7) is 4.53. The second kappa shape index (κ2) is 8.26. The van der Waals surface area contributed by atoms with Crippen LogP contribution in [0.3, 0.4) is 0 Å². The lowest BCUT2D eigenvalue weighted by atomic mass is 10.00. The topological polar surface area (TPSA) is 75.0 Å². The van der Waals surface area contributed by atoms with Gasteiger partial charge in [0.2, 0.25) is 0 Å². The predicted molar refractivity (Wildman–Crippen MR) is 107 cm³/mol. The third kappa shape index (κ3) is 4.02. The van der Waals surface area contributed by atoms with Crippen molar-refractivity contribution in [3.63, 3.8) is 0 Å². The largest absolute Gasteiger partial charge is 0.380 e. The van der Waals surface area contributed by atoms with Crippen LogP contribution < -0.4 is 5.32 Å². The number of anilines is 1. The van der Waals surface area contributed by atoms with Gasteiger partial charge in [0.25, 0.3) is 0 Å². The Kier molecular flexibility index (Phi) is 5.60. The number of fused-ring (bicyclic) bond motifs is 1. The first kappa shape index (κ1) is 18.3. The van der Waals surface area contributed by atoms with Gasteiger partial charge in [0, 0.05) is 41.4 Å². The molecule has 0 radical (unpaired) electrons. The predicted octanol–water partition coefficient (Wildman–Crippen LogP) is 4.35. The van der Waals surface area contributed by atoms with Crippen molar-refractivity contribution in [3.8, 4) is 17.3 Å². The zero-order chi connectivity index (χ0) is 19.2. The van der Waals surface area contributed by atoms with Crippen LogP contribution in [0, 0.1) is 11.3 Å². The number of methoxy groups -OCH3 is 1. The van der Waals surface area contributed by atoms with Crippen molar-refractivity contribution in [2.24, 2.45) is 0 Å². The molecule has 0 amide bonds. The second-order valence-electron chi connectivity index (χ2n) is 6.10. The molecule has 1 aromatic heterocycles. The highest BCUT2D eigenvalue weighted by Gasteiger charge is 2.10. The van der Waals surface area contributed by atoms with Gasteiger partial charge in [-0.3, -0.25) is 4.79 Å². The third-order valence-electron chi connectivity index (χ3n) is 4.23. The fourth-order valence-electron chi connectivity index (χ4n) is 2.92. The molecular formula is C22H19N3O2. The van der Waals surface area contributed by atoms with Gasteiger partial charge in [-0.1, -0.05) is 36.9 Å². The van der Waals surface area contributed by atoms with Crippen LogP contribution in [0.1, 0.15) is 16.1 Å². The van der Waals surface area contributed by atoms with Gasteiger partial charge in [-0.25, -0.2) is 4.98 Å². The minimum absolute atomic E-state index is 0.357. The number of nitriles is 1. The van der Waals surface area contributed by atoms with E-state index < -0.39 is 0 Å². The van der Waals surface area contributed by atoms with Crippen molar-refractivity contribution in [1.29, 1.82) is 5.26 Å². The molecule has 0 bridgehead atoms. The van der Waals surface area contributed by atoms with E-state index in [0.717, 1.165) is 39.6 Å². The lowest BCUT2D eigenvalue weighted by molar-refractivity contribution is 0.111. The molecule has 0 aliphatic carbocycles. The average molecular weight is 357 g/mol. The zero-order valence-corrected chi connectivity index (χ0v) is 15.0. The van der Waals surface area contributed by atoms with E-state index in [9.17, 15) is 4.79 Å². The molecule has 2 aromatic carbocycles. The van der Waals surface area contributed by atoms with Crippen molar-refractivity contribution in [2.45, 2.75) is 6.61 Å². The molecule has 27 heavy (non-hydrogen) atoms. The van der Waals surface area contributed by atoms with Gasteiger partial charge in [0.05, 0.1) is 18.4 Å². The van der Waals surface area contributed by atoms with Gasteiger partial charge in [0.15, 0.2) is 6.29 Å². The lowest BCUT2D eigenvalue weighted by Crippen LogP contribution is -2.06. The van der Waals surface area contributed by atoms with E-state index in [1.54, 1.807) is 13.2 Å². The molecule has 0 saturated heterocycles. The van der Waals surface area contributed by atoms with E-state index in [4.69, 9.17) is 10.00 Å². The fraction of sp³-hybridized carbons (Fsp3) is 0.136. The molecule has 5 heteroatoms. The van der Waals surface area contributed by atoms with E-state index in [0.29, 0.717) is 24.4 Å². The van der Waals surface area contributed by atoms with Crippen molar-refractivity contribution in [1.82, 2.24) is 4.98 Å². The van der Waals surface area contributed by atoms with Gasteiger partial charge in [-0.2, -0.15) is 5.26 Å². The number of ether oxygens (including phenoxy) is 1. The SMILES string of the molecule is C=C(C#N)CNc1c(COC)ccc2ccc(-c3cccc(C=O)n3)cc12. The molecule has 5 nitrogen and oxygen atoms in total. The van der Waals surface area contributed by atoms with Crippen LogP contribution in [0.2, 0.25) is 0 Å². The Hall–Kier alpha value is -3.49. The Morgan fingerprint density at radius 2 is 2.11 bits per heavy atom.